The normalized spacial score (nSPS) is 10.9. The number of benzene rings is 2. The maximum Gasteiger partial charge on any atom is 0.207 e. The van der Waals surface area contributed by atoms with Gasteiger partial charge in [-0.3, -0.25) is 4.98 Å². The van der Waals surface area contributed by atoms with E-state index in [0.717, 1.165) is 27.8 Å². The Kier molecular flexibility index (Phi) is 3.38. The number of aromatic nitrogens is 5. The smallest absolute Gasteiger partial charge is 0.207 e. The Morgan fingerprint density at radius 1 is 1.04 bits per heavy atom. The van der Waals surface area contributed by atoms with Crippen molar-refractivity contribution in [3.05, 3.63) is 54.5 Å². The van der Waals surface area contributed by atoms with E-state index in [0.29, 0.717) is 5.56 Å². The summed E-state index contributed by atoms with van der Waals surface area (Å²) in [5.74, 6) is 0.549. The summed E-state index contributed by atoms with van der Waals surface area (Å²) < 4.78 is 19.3. The topological polar surface area (TPSA) is 76.6 Å². The van der Waals surface area contributed by atoms with Crippen molar-refractivity contribution in [3.8, 4) is 28.3 Å². The lowest BCUT2D eigenvalue weighted by Crippen LogP contribution is -1.91. The van der Waals surface area contributed by atoms with Gasteiger partial charge in [-0.25, -0.2) is 4.39 Å². The van der Waals surface area contributed by atoms with Crippen LogP contribution < -0.4 is 4.74 Å². The standard InChI is InChI=1S/C17H12FN5O/c1-24-11-3-4-13-12(6-7-19-16(13)9-11)10-2-5-15(18)14(8-10)17-20-22-23-21-17/h2-9H,1H3,(H,20,21,22,23). The lowest BCUT2D eigenvalue weighted by molar-refractivity contribution is 0.415. The molecule has 0 unspecified atom stereocenters. The van der Waals surface area contributed by atoms with Crippen molar-refractivity contribution in [3.63, 3.8) is 0 Å². The number of ether oxygens (including phenoxy) is 1. The van der Waals surface area contributed by atoms with Gasteiger partial charge in [0.1, 0.15) is 11.6 Å². The molecule has 4 aromatic rings. The van der Waals surface area contributed by atoms with Crippen LogP contribution in [-0.2, 0) is 0 Å². The molecule has 4 rings (SSSR count). The Labute approximate surface area is 136 Å². The van der Waals surface area contributed by atoms with Gasteiger partial charge >= 0.3 is 0 Å². The van der Waals surface area contributed by atoms with Crippen molar-refractivity contribution in [2.75, 3.05) is 7.11 Å². The monoisotopic (exact) mass is 321 g/mol. The van der Waals surface area contributed by atoms with E-state index < -0.39 is 5.82 Å². The first-order chi connectivity index (χ1) is 11.8. The van der Waals surface area contributed by atoms with Crippen LogP contribution in [0, 0.1) is 5.82 Å². The molecule has 0 spiro atoms. The molecule has 0 amide bonds. The number of tetrazole rings is 1. The fraction of sp³-hybridized carbons (Fsp3) is 0.0588. The van der Waals surface area contributed by atoms with E-state index in [2.05, 4.69) is 25.6 Å². The highest BCUT2D eigenvalue weighted by atomic mass is 19.1. The van der Waals surface area contributed by atoms with Crippen LogP contribution in [0.2, 0.25) is 0 Å². The number of hydrogen-bond acceptors (Lipinski definition) is 5. The van der Waals surface area contributed by atoms with E-state index >= 15 is 0 Å². The van der Waals surface area contributed by atoms with Crippen LogP contribution in [0.1, 0.15) is 0 Å². The zero-order valence-corrected chi connectivity index (χ0v) is 12.7. The summed E-state index contributed by atoms with van der Waals surface area (Å²) in [6.07, 6.45) is 1.72. The molecule has 0 aliphatic rings. The molecule has 0 bridgehead atoms. The number of pyridine rings is 1. The first-order valence-electron chi connectivity index (χ1n) is 7.23. The third kappa shape index (κ3) is 2.36. The van der Waals surface area contributed by atoms with Gasteiger partial charge in [-0.1, -0.05) is 6.07 Å². The zero-order chi connectivity index (χ0) is 16.5. The largest absolute Gasteiger partial charge is 0.497 e. The van der Waals surface area contributed by atoms with Crippen molar-refractivity contribution < 1.29 is 9.13 Å². The Hall–Kier alpha value is -3.35. The quantitative estimate of drug-likeness (QED) is 0.627. The molecular weight excluding hydrogens is 309 g/mol. The molecule has 0 fully saturated rings. The molecule has 0 saturated carbocycles. The molecular formula is C17H12FN5O. The molecule has 6 nitrogen and oxygen atoms in total. The Morgan fingerprint density at radius 3 is 2.75 bits per heavy atom. The highest BCUT2D eigenvalue weighted by molar-refractivity contribution is 5.95. The lowest BCUT2D eigenvalue weighted by Gasteiger charge is -2.09. The van der Waals surface area contributed by atoms with E-state index in [1.54, 1.807) is 25.4 Å². The Morgan fingerprint density at radius 2 is 1.96 bits per heavy atom. The van der Waals surface area contributed by atoms with Crippen LogP contribution in [0.4, 0.5) is 4.39 Å². The number of aromatic amines is 1. The van der Waals surface area contributed by atoms with Gasteiger partial charge in [0.2, 0.25) is 5.82 Å². The average molecular weight is 321 g/mol. The number of hydrogen-bond donors (Lipinski definition) is 1. The first kappa shape index (κ1) is 14.3. The minimum Gasteiger partial charge on any atom is -0.497 e. The van der Waals surface area contributed by atoms with Crippen molar-refractivity contribution in [2.24, 2.45) is 0 Å². The van der Waals surface area contributed by atoms with E-state index in [-0.39, 0.29) is 5.82 Å². The zero-order valence-electron chi connectivity index (χ0n) is 12.7. The summed E-state index contributed by atoms with van der Waals surface area (Å²) in [6.45, 7) is 0. The summed E-state index contributed by atoms with van der Waals surface area (Å²) >= 11 is 0. The van der Waals surface area contributed by atoms with Crippen molar-refractivity contribution >= 4 is 10.9 Å². The number of nitrogens with zero attached hydrogens (tertiary/aromatic N) is 4. The van der Waals surface area contributed by atoms with Gasteiger partial charge in [-0.2, -0.15) is 5.21 Å². The molecule has 7 heteroatoms. The fourth-order valence-electron chi connectivity index (χ4n) is 2.65. The third-order valence-electron chi connectivity index (χ3n) is 3.81. The molecule has 0 aliphatic carbocycles. The summed E-state index contributed by atoms with van der Waals surface area (Å²) in [5, 5.41) is 14.5. The minimum absolute atomic E-state index is 0.217. The first-order valence-corrected chi connectivity index (χ1v) is 7.23. The lowest BCUT2D eigenvalue weighted by atomic mass is 9.99. The highest BCUT2D eigenvalue weighted by Gasteiger charge is 2.13. The predicted molar refractivity (Wildman–Crippen MR) is 86.9 cm³/mol. The van der Waals surface area contributed by atoms with Gasteiger partial charge in [-0.15, -0.1) is 10.2 Å². The molecule has 0 saturated heterocycles. The minimum atomic E-state index is -0.403. The second kappa shape index (κ2) is 5.69. The summed E-state index contributed by atoms with van der Waals surface area (Å²) in [5.41, 5.74) is 2.87. The van der Waals surface area contributed by atoms with Crippen molar-refractivity contribution in [2.45, 2.75) is 0 Å². The Balaban J connectivity index is 1.90. The van der Waals surface area contributed by atoms with Crippen LogP contribution in [0.3, 0.4) is 0 Å². The van der Waals surface area contributed by atoms with Crippen LogP contribution in [0.25, 0.3) is 33.4 Å². The summed E-state index contributed by atoms with van der Waals surface area (Å²) in [7, 11) is 1.61. The van der Waals surface area contributed by atoms with Gasteiger partial charge in [0.15, 0.2) is 0 Å². The van der Waals surface area contributed by atoms with Crippen molar-refractivity contribution in [1.29, 1.82) is 0 Å². The number of methoxy groups -OCH3 is 1. The van der Waals surface area contributed by atoms with Gasteiger partial charge in [0.25, 0.3) is 0 Å². The van der Waals surface area contributed by atoms with Crippen LogP contribution in [0.5, 0.6) is 5.75 Å². The van der Waals surface area contributed by atoms with E-state index in [1.165, 1.54) is 6.07 Å². The summed E-state index contributed by atoms with van der Waals surface area (Å²) in [6, 6.07) is 12.4. The molecule has 0 atom stereocenters. The molecule has 2 aromatic heterocycles. The SMILES string of the molecule is COc1ccc2c(-c3ccc(F)c(-c4nn[nH]n4)c3)ccnc2c1. The second-order valence-electron chi connectivity index (χ2n) is 5.17. The maximum absolute atomic E-state index is 14.1. The predicted octanol–water partition coefficient (Wildman–Crippen LogP) is 3.23. The van der Waals surface area contributed by atoms with Crippen molar-refractivity contribution in [1.82, 2.24) is 25.6 Å². The second-order valence-corrected chi connectivity index (χ2v) is 5.17. The van der Waals surface area contributed by atoms with Crippen LogP contribution in [0.15, 0.2) is 48.7 Å². The number of fused-ring (bicyclic) bond motifs is 1. The van der Waals surface area contributed by atoms with Crippen LogP contribution >= 0.6 is 0 Å². The molecule has 118 valence electrons. The molecule has 1 N–H and O–H groups in total. The van der Waals surface area contributed by atoms with Gasteiger partial charge in [-0.05, 0) is 46.7 Å². The molecule has 24 heavy (non-hydrogen) atoms. The summed E-state index contributed by atoms with van der Waals surface area (Å²) in [4.78, 5) is 4.37. The molecule has 2 aromatic carbocycles. The maximum atomic E-state index is 14.1. The van der Waals surface area contributed by atoms with E-state index in [4.69, 9.17) is 4.74 Å². The van der Waals surface area contributed by atoms with Crippen LogP contribution in [-0.4, -0.2) is 32.7 Å². The average Bonchev–Trinajstić information content (AvgIpc) is 3.15. The fourth-order valence-corrected chi connectivity index (χ4v) is 2.65. The molecule has 0 radical (unpaired) electrons. The van der Waals surface area contributed by atoms with Gasteiger partial charge < -0.3 is 4.74 Å². The van der Waals surface area contributed by atoms with E-state index in [9.17, 15) is 4.39 Å². The Bertz CT molecular complexity index is 1020. The molecule has 0 aliphatic heterocycles. The van der Waals surface area contributed by atoms with Gasteiger partial charge in [0.05, 0.1) is 18.2 Å². The van der Waals surface area contributed by atoms with Gasteiger partial charge in [0, 0.05) is 17.6 Å². The third-order valence-corrected chi connectivity index (χ3v) is 3.81. The molecule has 2 heterocycles. The highest BCUT2D eigenvalue weighted by Crippen LogP contribution is 2.32. The number of rotatable bonds is 3. The van der Waals surface area contributed by atoms with E-state index in [1.807, 2.05) is 24.3 Å². The number of halogens is 1. The number of nitrogens with one attached hydrogen (secondary N) is 1. The number of H-pyrrole nitrogens is 1.